The first-order valence-electron chi connectivity index (χ1n) is 4.52. The maximum atomic E-state index is 11.5. The van der Waals surface area contributed by atoms with Gasteiger partial charge in [-0.3, -0.25) is 0 Å². The Kier molecular flexibility index (Phi) is 6.67. The Morgan fingerprint density at radius 3 is 1.83 bits per heavy atom. The molecule has 0 heterocycles. The van der Waals surface area contributed by atoms with E-state index >= 15 is 0 Å². The van der Waals surface area contributed by atoms with Gasteiger partial charge in [-0.15, -0.1) is 0 Å². The van der Waals surface area contributed by atoms with Gasteiger partial charge in [-0.25, -0.2) is 0 Å². The third-order valence-electron chi connectivity index (χ3n) is 1.79. The fraction of sp³-hybridized carbons (Fsp3) is 0.300. The van der Waals surface area contributed by atoms with Crippen molar-refractivity contribution < 1.29 is 39.7 Å². The second-order valence-corrected chi connectivity index (χ2v) is 3.17. The van der Waals surface area contributed by atoms with Gasteiger partial charge in [0.25, 0.3) is 0 Å². The molecule has 8 heteroatoms. The molecular formula is C10H9FeN2O5. The van der Waals surface area contributed by atoms with Gasteiger partial charge >= 0.3 is 110 Å². The van der Waals surface area contributed by atoms with Crippen molar-refractivity contribution in [1.82, 2.24) is 0 Å². The summed E-state index contributed by atoms with van der Waals surface area (Å²) in [6.45, 7) is 0. The third kappa shape index (κ3) is 4.18. The zero-order chi connectivity index (χ0) is 14.3. The van der Waals surface area contributed by atoms with Gasteiger partial charge < -0.3 is 0 Å². The number of carboxylic acids is 1. The van der Waals surface area contributed by atoms with E-state index in [2.05, 4.69) is 25.4 Å². The summed E-state index contributed by atoms with van der Waals surface area (Å²) >= 11 is 3.06. The van der Waals surface area contributed by atoms with E-state index in [1.54, 1.807) is 0 Å². The summed E-state index contributed by atoms with van der Waals surface area (Å²) in [5.41, 5.74) is -1.26. The number of rotatable bonds is 6. The molecule has 0 aliphatic rings. The number of carbonyl (C=O) groups is 4. The zero-order valence-electron chi connectivity index (χ0n) is 9.54. The number of hydrogen-bond acceptors (Lipinski definition) is 6. The van der Waals surface area contributed by atoms with E-state index in [4.69, 9.17) is 5.11 Å². The van der Waals surface area contributed by atoms with Crippen LogP contribution in [0.1, 0.15) is 6.42 Å². The van der Waals surface area contributed by atoms with Crippen molar-refractivity contribution in [2.75, 3.05) is 14.1 Å². The predicted octanol–water partition coefficient (Wildman–Crippen LogP) is -1.18. The zero-order valence-corrected chi connectivity index (χ0v) is 10.6. The monoisotopic (exact) mass is 293 g/mol. The minimum atomic E-state index is -1.54. The van der Waals surface area contributed by atoms with Crippen molar-refractivity contribution in [2.45, 2.75) is 6.42 Å². The Bertz CT molecular complexity index is 513. The molecule has 7 nitrogen and oxygen atoms in total. The van der Waals surface area contributed by atoms with Crippen LogP contribution in [0.3, 0.4) is 0 Å². The van der Waals surface area contributed by atoms with Crippen molar-refractivity contribution >= 4 is 34.7 Å². The molecule has 0 saturated heterocycles. The van der Waals surface area contributed by atoms with Gasteiger partial charge in [0.15, 0.2) is 0 Å². The average molecular weight is 293 g/mol. The van der Waals surface area contributed by atoms with Crippen LogP contribution in [0.4, 0.5) is 0 Å². The van der Waals surface area contributed by atoms with E-state index in [0.29, 0.717) is 0 Å². The van der Waals surface area contributed by atoms with Crippen LogP contribution < -0.4 is 0 Å². The number of carbonyl (C=O) groups excluding carboxylic acids is 3. The first-order chi connectivity index (χ1) is 8.38. The predicted molar refractivity (Wildman–Crippen MR) is 57.9 cm³/mol. The SMILES string of the molecule is CN=C(C(=O)O)C(=O)CC(=O)C(=NC)C(=O)[C]#[Fe]. The Morgan fingerprint density at radius 2 is 1.50 bits per heavy atom. The van der Waals surface area contributed by atoms with E-state index < -0.39 is 41.2 Å². The van der Waals surface area contributed by atoms with E-state index in [9.17, 15) is 19.2 Å². The molecule has 0 spiro atoms. The molecule has 0 atom stereocenters. The topological polar surface area (TPSA) is 113 Å². The van der Waals surface area contributed by atoms with Crippen LogP contribution in [0.15, 0.2) is 9.98 Å². The third-order valence-corrected chi connectivity index (χ3v) is 2.05. The normalized spacial score (nSPS) is 11.7. The van der Waals surface area contributed by atoms with Gasteiger partial charge in [0.1, 0.15) is 0 Å². The summed E-state index contributed by atoms with van der Waals surface area (Å²) in [6.07, 6.45) is -0.793. The molecule has 0 fully saturated rings. The van der Waals surface area contributed by atoms with Gasteiger partial charge in [0.05, 0.1) is 0 Å². The van der Waals surface area contributed by atoms with Crippen molar-refractivity contribution in [3.8, 4) is 4.73 Å². The van der Waals surface area contributed by atoms with E-state index in [0.717, 1.165) is 7.05 Å². The first-order valence-corrected chi connectivity index (χ1v) is 5.07. The Morgan fingerprint density at radius 1 is 1.06 bits per heavy atom. The quantitative estimate of drug-likeness (QED) is 0.376. The number of nitrogens with zero attached hydrogens (tertiary/aromatic N) is 2. The number of aliphatic carboxylic acids is 1. The van der Waals surface area contributed by atoms with Crippen molar-refractivity contribution in [1.29, 1.82) is 0 Å². The first kappa shape index (κ1) is 16.1. The second-order valence-electron chi connectivity index (χ2n) is 2.89. The summed E-state index contributed by atoms with van der Waals surface area (Å²) in [6, 6.07) is 0. The van der Waals surface area contributed by atoms with Gasteiger partial charge in [0.2, 0.25) is 0 Å². The fourth-order valence-corrected chi connectivity index (χ4v) is 1.18. The van der Waals surface area contributed by atoms with Crippen molar-refractivity contribution in [3.05, 3.63) is 0 Å². The van der Waals surface area contributed by atoms with Crippen LogP contribution in [0.2, 0.25) is 0 Å². The molecule has 1 N–H and O–H groups in total. The van der Waals surface area contributed by atoms with E-state index in [1.165, 1.54) is 7.05 Å². The van der Waals surface area contributed by atoms with Crippen LogP contribution in [-0.2, 0) is 34.6 Å². The fourth-order valence-electron chi connectivity index (χ4n) is 1.05. The molecular weight excluding hydrogens is 284 g/mol. The molecule has 0 bridgehead atoms. The van der Waals surface area contributed by atoms with Crippen LogP contribution in [0.5, 0.6) is 0 Å². The van der Waals surface area contributed by atoms with Crippen molar-refractivity contribution in [3.63, 3.8) is 0 Å². The van der Waals surface area contributed by atoms with Crippen LogP contribution in [0, 0.1) is 4.73 Å². The summed E-state index contributed by atoms with van der Waals surface area (Å²) in [5, 5.41) is 8.63. The van der Waals surface area contributed by atoms with Gasteiger partial charge in [-0.2, -0.15) is 0 Å². The molecule has 0 rings (SSSR count). The van der Waals surface area contributed by atoms with Crippen LogP contribution >= 0.6 is 0 Å². The molecule has 0 unspecified atom stereocenters. The van der Waals surface area contributed by atoms with Crippen LogP contribution in [-0.4, -0.2) is 53.9 Å². The molecule has 0 aliphatic carbocycles. The molecule has 0 radical (unpaired) electrons. The van der Waals surface area contributed by atoms with Gasteiger partial charge in [0, 0.05) is 0 Å². The number of carboxylic acid groups (broad SMARTS) is 1. The molecule has 0 aromatic carbocycles. The average Bonchev–Trinajstić information content (AvgIpc) is 2.29. The Hall–Kier alpha value is -1.88. The molecule has 0 saturated carbocycles. The minimum absolute atomic E-state index is 0.501. The molecule has 18 heavy (non-hydrogen) atoms. The molecule has 0 amide bonds. The van der Waals surface area contributed by atoms with Gasteiger partial charge in [-0.05, 0) is 0 Å². The summed E-state index contributed by atoms with van der Waals surface area (Å²) in [7, 11) is 2.31. The molecule has 97 valence electrons. The summed E-state index contributed by atoms with van der Waals surface area (Å²) in [5.74, 6) is -4.27. The van der Waals surface area contributed by atoms with Crippen LogP contribution in [0.25, 0.3) is 0 Å². The van der Waals surface area contributed by atoms with Crippen molar-refractivity contribution in [2.24, 2.45) is 9.98 Å². The number of hydrogen-bond donors (Lipinski definition) is 1. The number of aliphatic imine (C=N–C) groups is 2. The van der Waals surface area contributed by atoms with Gasteiger partial charge in [-0.1, -0.05) is 0 Å². The van der Waals surface area contributed by atoms with E-state index in [-0.39, 0.29) is 0 Å². The molecule has 0 aromatic heterocycles. The number of ketones is 3. The summed E-state index contributed by atoms with van der Waals surface area (Å²) in [4.78, 5) is 51.4. The molecule has 0 aromatic rings. The molecule has 0 aliphatic heterocycles. The summed E-state index contributed by atoms with van der Waals surface area (Å²) < 4.78 is 1.94. The maximum absolute atomic E-state index is 11.5. The van der Waals surface area contributed by atoms with E-state index in [1.807, 2.05) is 4.73 Å². The Labute approximate surface area is 110 Å². The second kappa shape index (κ2) is 7.45. The standard InChI is InChI=1S/C10H9N2O5.Fe/c1-5(13)8(11-2)6(14)4-7(15)9(12-3)10(16)17;/h4H2,2-3H3,(H,16,17);. The Balaban J connectivity index is 5.00. The number of Topliss-reactive ketones (excluding diaryl/α,β-unsaturated/α-hetero) is 3.